The Labute approximate surface area is 141 Å². The molecule has 3 nitrogen and oxygen atoms in total. The predicted octanol–water partition coefficient (Wildman–Crippen LogP) is 4.36. The minimum absolute atomic E-state index is 0.252. The number of pyridine rings is 1. The van der Waals surface area contributed by atoms with Crippen LogP contribution in [0.25, 0.3) is 10.9 Å². The van der Waals surface area contributed by atoms with Crippen LogP contribution in [0, 0.1) is 0 Å². The molecule has 118 valence electrons. The van der Waals surface area contributed by atoms with Crippen molar-refractivity contribution in [3.05, 3.63) is 70.7 Å². The first-order valence-corrected chi connectivity index (χ1v) is 8.13. The van der Waals surface area contributed by atoms with E-state index in [9.17, 15) is 0 Å². The van der Waals surface area contributed by atoms with E-state index in [0.29, 0.717) is 5.82 Å². The molecule has 0 aliphatic carbocycles. The van der Waals surface area contributed by atoms with Gasteiger partial charge >= 0.3 is 0 Å². The Morgan fingerprint density at radius 3 is 2.78 bits per heavy atom. The molecule has 0 radical (unpaired) electrons. The summed E-state index contributed by atoms with van der Waals surface area (Å²) in [5.41, 5.74) is 9.16. The molecule has 0 bridgehead atoms. The molecule has 0 saturated heterocycles. The number of fused-ring (bicyclic) bond motifs is 1. The molecule has 0 aliphatic rings. The van der Waals surface area contributed by atoms with Gasteiger partial charge in [0.25, 0.3) is 0 Å². The number of benzene rings is 2. The Morgan fingerprint density at radius 1 is 1.13 bits per heavy atom. The number of nitrogens with zero attached hydrogens (tertiary/aromatic N) is 1. The third-order valence-electron chi connectivity index (χ3n) is 3.99. The minimum Gasteiger partial charge on any atom is -0.384 e. The molecule has 0 saturated carbocycles. The third kappa shape index (κ3) is 4.01. The Hall–Kier alpha value is -2.10. The van der Waals surface area contributed by atoms with Crippen molar-refractivity contribution in [3.63, 3.8) is 0 Å². The van der Waals surface area contributed by atoms with E-state index in [2.05, 4.69) is 41.5 Å². The molecule has 4 heteroatoms. The Kier molecular flexibility index (Phi) is 4.79. The number of rotatable bonds is 5. The van der Waals surface area contributed by atoms with Crippen molar-refractivity contribution in [2.45, 2.75) is 19.4 Å². The SMILES string of the molecule is CC(NCCc1cccc(Cl)c1)c1ccc2ccc(N)nc2c1. The van der Waals surface area contributed by atoms with Crippen LogP contribution in [0.1, 0.15) is 24.1 Å². The lowest BCUT2D eigenvalue weighted by molar-refractivity contribution is 0.577. The fourth-order valence-corrected chi connectivity index (χ4v) is 2.88. The van der Waals surface area contributed by atoms with Crippen LogP contribution < -0.4 is 11.1 Å². The van der Waals surface area contributed by atoms with E-state index in [1.54, 1.807) is 0 Å². The molecule has 3 rings (SSSR count). The largest absolute Gasteiger partial charge is 0.384 e. The first kappa shape index (κ1) is 15.8. The summed E-state index contributed by atoms with van der Waals surface area (Å²) in [7, 11) is 0. The summed E-state index contributed by atoms with van der Waals surface area (Å²) in [6.07, 6.45) is 0.948. The number of anilines is 1. The number of nitrogens with one attached hydrogen (secondary N) is 1. The zero-order valence-electron chi connectivity index (χ0n) is 13.1. The van der Waals surface area contributed by atoms with Crippen molar-refractivity contribution in [2.75, 3.05) is 12.3 Å². The molecule has 0 fully saturated rings. The number of nitrogens with two attached hydrogens (primary N) is 1. The molecule has 3 aromatic rings. The molecule has 23 heavy (non-hydrogen) atoms. The van der Waals surface area contributed by atoms with E-state index in [1.807, 2.05) is 30.3 Å². The van der Waals surface area contributed by atoms with Crippen molar-refractivity contribution in [2.24, 2.45) is 0 Å². The van der Waals surface area contributed by atoms with E-state index in [-0.39, 0.29) is 6.04 Å². The number of aromatic nitrogens is 1. The van der Waals surface area contributed by atoms with Gasteiger partial charge < -0.3 is 11.1 Å². The molecule has 2 aromatic carbocycles. The van der Waals surface area contributed by atoms with Gasteiger partial charge in [0.2, 0.25) is 0 Å². The van der Waals surface area contributed by atoms with Crippen molar-refractivity contribution in [1.82, 2.24) is 10.3 Å². The second kappa shape index (κ2) is 6.99. The van der Waals surface area contributed by atoms with Crippen LogP contribution in [-0.2, 0) is 6.42 Å². The first-order valence-electron chi connectivity index (χ1n) is 7.76. The molecular weight excluding hydrogens is 306 g/mol. The summed E-state index contributed by atoms with van der Waals surface area (Å²) in [4.78, 5) is 4.39. The van der Waals surface area contributed by atoms with Gasteiger partial charge in [0.1, 0.15) is 5.82 Å². The fraction of sp³-hybridized carbons (Fsp3) is 0.211. The predicted molar refractivity (Wildman–Crippen MR) is 97.7 cm³/mol. The van der Waals surface area contributed by atoms with Gasteiger partial charge in [-0.15, -0.1) is 0 Å². The maximum Gasteiger partial charge on any atom is 0.124 e. The van der Waals surface area contributed by atoms with Crippen LogP contribution in [0.2, 0.25) is 5.02 Å². The van der Waals surface area contributed by atoms with Crippen LogP contribution in [0.3, 0.4) is 0 Å². The second-order valence-electron chi connectivity index (χ2n) is 5.74. The van der Waals surface area contributed by atoms with Gasteiger partial charge in [0, 0.05) is 16.5 Å². The van der Waals surface area contributed by atoms with E-state index in [0.717, 1.165) is 28.9 Å². The van der Waals surface area contributed by atoms with Gasteiger partial charge in [0.15, 0.2) is 0 Å². The quantitative estimate of drug-likeness (QED) is 0.732. The molecule has 1 atom stereocenters. The molecule has 1 aromatic heterocycles. The minimum atomic E-state index is 0.252. The molecule has 3 N–H and O–H groups in total. The number of hydrogen-bond donors (Lipinski definition) is 2. The summed E-state index contributed by atoms with van der Waals surface area (Å²) in [5.74, 6) is 0.552. The molecule has 1 heterocycles. The number of hydrogen-bond acceptors (Lipinski definition) is 3. The maximum atomic E-state index is 6.01. The summed E-state index contributed by atoms with van der Waals surface area (Å²) >= 11 is 6.01. The highest BCUT2D eigenvalue weighted by Crippen LogP contribution is 2.20. The number of halogens is 1. The Balaban J connectivity index is 1.64. The van der Waals surface area contributed by atoms with Gasteiger partial charge in [-0.1, -0.05) is 35.9 Å². The average Bonchev–Trinajstić information content (AvgIpc) is 2.54. The molecule has 0 aliphatic heterocycles. The third-order valence-corrected chi connectivity index (χ3v) is 4.23. The smallest absolute Gasteiger partial charge is 0.124 e. The fourth-order valence-electron chi connectivity index (χ4n) is 2.66. The van der Waals surface area contributed by atoms with Crippen LogP contribution in [0.5, 0.6) is 0 Å². The van der Waals surface area contributed by atoms with Crippen LogP contribution in [-0.4, -0.2) is 11.5 Å². The molecule has 1 unspecified atom stereocenters. The molecular formula is C19H20ClN3. The molecule has 0 spiro atoms. The van der Waals surface area contributed by atoms with Crippen LogP contribution >= 0.6 is 11.6 Å². The lowest BCUT2D eigenvalue weighted by atomic mass is 10.1. The summed E-state index contributed by atoms with van der Waals surface area (Å²) in [6.45, 7) is 3.05. The highest BCUT2D eigenvalue weighted by atomic mass is 35.5. The van der Waals surface area contributed by atoms with E-state index < -0.39 is 0 Å². The lowest BCUT2D eigenvalue weighted by Gasteiger charge is -2.15. The van der Waals surface area contributed by atoms with E-state index in [4.69, 9.17) is 17.3 Å². The summed E-state index contributed by atoms with van der Waals surface area (Å²) < 4.78 is 0. The topological polar surface area (TPSA) is 50.9 Å². The average molecular weight is 326 g/mol. The zero-order valence-corrected chi connectivity index (χ0v) is 13.8. The number of nitrogen functional groups attached to an aromatic ring is 1. The van der Waals surface area contributed by atoms with Gasteiger partial charge in [-0.2, -0.15) is 0 Å². The van der Waals surface area contributed by atoms with Crippen molar-refractivity contribution in [1.29, 1.82) is 0 Å². The zero-order chi connectivity index (χ0) is 16.2. The maximum absolute atomic E-state index is 6.01. The normalized spacial score (nSPS) is 12.4. The van der Waals surface area contributed by atoms with E-state index >= 15 is 0 Å². The van der Waals surface area contributed by atoms with Gasteiger partial charge in [-0.05, 0) is 61.3 Å². The monoisotopic (exact) mass is 325 g/mol. The van der Waals surface area contributed by atoms with Gasteiger partial charge in [-0.3, -0.25) is 0 Å². The van der Waals surface area contributed by atoms with Crippen LogP contribution in [0.15, 0.2) is 54.6 Å². The summed E-state index contributed by atoms with van der Waals surface area (Å²) in [5, 5.41) is 5.44. The summed E-state index contributed by atoms with van der Waals surface area (Å²) in [6, 6.07) is 18.4. The first-order chi connectivity index (χ1) is 11.1. The van der Waals surface area contributed by atoms with Crippen LogP contribution in [0.4, 0.5) is 5.82 Å². The highest BCUT2D eigenvalue weighted by molar-refractivity contribution is 6.30. The Bertz CT molecular complexity index is 817. The molecule has 0 amide bonds. The van der Waals surface area contributed by atoms with Gasteiger partial charge in [0.05, 0.1) is 5.52 Å². The van der Waals surface area contributed by atoms with Crippen molar-refractivity contribution >= 4 is 28.3 Å². The second-order valence-corrected chi connectivity index (χ2v) is 6.18. The van der Waals surface area contributed by atoms with E-state index in [1.165, 1.54) is 11.1 Å². The highest BCUT2D eigenvalue weighted by Gasteiger charge is 2.06. The van der Waals surface area contributed by atoms with Crippen molar-refractivity contribution in [3.8, 4) is 0 Å². The van der Waals surface area contributed by atoms with Crippen molar-refractivity contribution < 1.29 is 0 Å². The van der Waals surface area contributed by atoms with Gasteiger partial charge in [-0.25, -0.2) is 4.98 Å². The lowest BCUT2D eigenvalue weighted by Crippen LogP contribution is -2.21. The Morgan fingerprint density at radius 2 is 1.96 bits per heavy atom. The standard InChI is InChI=1S/C19H20ClN3/c1-13(22-10-9-14-3-2-4-17(20)11-14)16-6-5-15-7-8-19(21)23-18(15)12-16/h2-8,11-13,22H,9-10H2,1H3,(H2,21,23).